The van der Waals surface area contributed by atoms with Crippen LogP contribution >= 0.6 is 12.4 Å². The fourth-order valence-corrected chi connectivity index (χ4v) is 2.93. The number of nitrogens with zero attached hydrogens (tertiary/aromatic N) is 1. The summed E-state index contributed by atoms with van der Waals surface area (Å²) in [6, 6.07) is 0.460. The van der Waals surface area contributed by atoms with E-state index in [1.807, 2.05) is 0 Å². The van der Waals surface area contributed by atoms with Gasteiger partial charge in [0.25, 0.3) is 5.91 Å². The van der Waals surface area contributed by atoms with Gasteiger partial charge < -0.3 is 10.1 Å². The van der Waals surface area contributed by atoms with Gasteiger partial charge >= 0.3 is 0 Å². The average molecular weight is 277 g/mol. The van der Waals surface area contributed by atoms with Crippen molar-refractivity contribution in [3.63, 3.8) is 0 Å². The molecule has 1 N–H and O–H groups in total. The Bertz CT molecular complexity index is 297. The highest BCUT2D eigenvalue weighted by molar-refractivity contribution is 5.85. The molecule has 0 spiro atoms. The summed E-state index contributed by atoms with van der Waals surface area (Å²) in [5, 5.41) is 4.98. The largest absolute Gasteiger partial charge is 0.377 e. The van der Waals surface area contributed by atoms with Crippen molar-refractivity contribution < 1.29 is 14.4 Å². The summed E-state index contributed by atoms with van der Waals surface area (Å²) in [7, 11) is 0. The number of halogens is 1. The Balaban J connectivity index is 0.00000120. The number of amides is 1. The van der Waals surface area contributed by atoms with Crippen LogP contribution < -0.4 is 5.32 Å². The molecular weight excluding hydrogens is 256 g/mol. The zero-order chi connectivity index (χ0) is 11.7. The Morgan fingerprint density at radius 3 is 2.94 bits per heavy atom. The molecule has 3 saturated heterocycles. The van der Waals surface area contributed by atoms with Crippen molar-refractivity contribution in [2.45, 2.75) is 37.8 Å². The third-order valence-electron chi connectivity index (χ3n) is 3.95. The number of piperidine rings is 1. The molecule has 6 heteroatoms. The van der Waals surface area contributed by atoms with E-state index < -0.39 is 0 Å². The lowest BCUT2D eigenvalue weighted by Crippen LogP contribution is -2.51. The summed E-state index contributed by atoms with van der Waals surface area (Å²) < 4.78 is 5.65. The van der Waals surface area contributed by atoms with Gasteiger partial charge in [0, 0.05) is 25.7 Å². The second-order valence-electron chi connectivity index (χ2n) is 5.13. The lowest BCUT2D eigenvalue weighted by molar-refractivity contribution is -0.202. The molecular formula is C12H21ClN2O3. The Labute approximate surface area is 114 Å². The fourth-order valence-electron chi connectivity index (χ4n) is 2.93. The standard InChI is InChI=1S/C12H20N2O3.ClH/c15-12(14-4-1-2-5-17-14)9-7-11-10(13-8-9)3-6-16-11;/h9-11,13H,1-8H2;1H/t9-,10+,11+;/m0./s1. The van der Waals surface area contributed by atoms with E-state index in [9.17, 15) is 4.79 Å². The van der Waals surface area contributed by atoms with E-state index in [0.29, 0.717) is 12.6 Å². The van der Waals surface area contributed by atoms with Gasteiger partial charge in [0.15, 0.2) is 0 Å². The van der Waals surface area contributed by atoms with Crippen LogP contribution in [0.3, 0.4) is 0 Å². The van der Waals surface area contributed by atoms with Crippen molar-refractivity contribution in [3.8, 4) is 0 Å². The van der Waals surface area contributed by atoms with Gasteiger partial charge in [-0.1, -0.05) is 0 Å². The van der Waals surface area contributed by atoms with Gasteiger partial charge in [-0.15, -0.1) is 12.4 Å². The highest BCUT2D eigenvalue weighted by Crippen LogP contribution is 2.26. The van der Waals surface area contributed by atoms with E-state index in [2.05, 4.69) is 5.32 Å². The number of nitrogens with one attached hydrogen (secondary N) is 1. The third kappa shape index (κ3) is 2.79. The van der Waals surface area contributed by atoms with Crippen LogP contribution in [0.25, 0.3) is 0 Å². The molecule has 18 heavy (non-hydrogen) atoms. The summed E-state index contributed by atoms with van der Waals surface area (Å²) in [5.74, 6) is 0.151. The van der Waals surface area contributed by atoms with Crippen LogP contribution in [0.4, 0.5) is 0 Å². The first-order valence-electron chi connectivity index (χ1n) is 6.64. The number of hydrogen-bond acceptors (Lipinski definition) is 4. The van der Waals surface area contributed by atoms with Crippen LogP contribution in [0.15, 0.2) is 0 Å². The highest BCUT2D eigenvalue weighted by Gasteiger charge is 2.39. The number of hydrogen-bond donors (Lipinski definition) is 1. The van der Waals surface area contributed by atoms with Crippen LogP contribution in [-0.4, -0.2) is 49.4 Å². The SMILES string of the molecule is Cl.O=C([C@@H]1CN[C@@H]2CCO[C@@H]2C1)N1CCCCO1. The number of carbonyl (C=O) groups is 1. The normalized spacial score (nSPS) is 35.8. The zero-order valence-corrected chi connectivity index (χ0v) is 11.3. The molecule has 0 aromatic carbocycles. The fraction of sp³-hybridized carbons (Fsp3) is 0.917. The minimum absolute atomic E-state index is 0. The van der Waals surface area contributed by atoms with Crippen molar-refractivity contribution in [1.29, 1.82) is 0 Å². The lowest BCUT2D eigenvalue weighted by Gasteiger charge is -2.35. The highest BCUT2D eigenvalue weighted by atomic mass is 35.5. The Kier molecular flexibility index (Phi) is 4.84. The van der Waals surface area contributed by atoms with Gasteiger partial charge in [-0.3, -0.25) is 9.63 Å². The first-order valence-corrected chi connectivity index (χ1v) is 6.64. The van der Waals surface area contributed by atoms with Crippen LogP contribution in [0.5, 0.6) is 0 Å². The summed E-state index contributed by atoms with van der Waals surface area (Å²) in [5.41, 5.74) is 0. The van der Waals surface area contributed by atoms with Crippen LogP contribution in [0.1, 0.15) is 25.7 Å². The molecule has 104 valence electrons. The van der Waals surface area contributed by atoms with E-state index in [1.54, 1.807) is 5.06 Å². The van der Waals surface area contributed by atoms with Crippen molar-refractivity contribution in [1.82, 2.24) is 10.4 Å². The molecule has 0 unspecified atom stereocenters. The molecule has 0 aromatic heterocycles. The molecule has 0 radical (unpaired) electrons. The van der Waals surface area contributed by atoms with E-state index in [4.69, 9.17) is 9.57 Å². The Morgan fingerprint density at radius 2 is 2.17 bits per heavy atom. The van der Waals surface area contributed by atoms with Crippen LogP contribution in [0.2, 0.25) is 0 Å². The van der Waals surface area contributed by atoms with Gasteiger partial charge in [0.2, 0.25) is 0 Å². The van der Waals surface area contributed by atoms with Gasteiger partial charge in [0.1, 0.15) is 0 Å². The number of hydroxylamine groups is 2. The van der Waals surface area contributed by atoms with Crippen molar-refractivity contribution in [2.24, 2.45) is 5.92 Å². The molecule has 1 amide bonds. The first-order chi connectivity index (χ1) is 8.34. The zero-order valence-electron chi connectivity index (χ0n) is 10.5. The van der Waals surface area contributed by atoms with Crippen LogP contribution in [0, 0.1) is 5.92 Å². The summed E-state index contributed by atoms with van der Waals surface area (Å²) in [6.45, 7) is 3.01. The molecule has 3 aliphatic rings. The molecule has 3 rings (SSSR count). The summed E-state index contributed by atoms with van der Waals surface area (Å²) >= 11 is 0. The quantitative estimate of drug-likeness (QED) is 0.767. The predicted molar refractivity (Wildman–Crippen MR) is 68.4 cm³/mol. The molecule has 3 aliphatic heterocycles. The van der Waals surface area contributed by atoms with E-state index in [1.165, 1.54) is 0 Å². The number of fused-ring (bicyclic) bond motifs is 1. The molecule has 5 nitrogen and oxygen atoms in total. The first kappa shape index (κ1) is 14.1. The molecule has 3 heterocycles. The second kappa shape index (κ2) is 6.19. The Hall–Kier alpha value is -0.360. The van der Waals surface area contributed by atoms with Gasteiger partial charge in [0.05, 0.1) is 18.6 Å². The predicted octanol–water partition coefficient (Wildman–Crippen LogP) is 0.729. The van der Waals surface area contributed by atoms with E-state index >= 15 is 0 Å². The smallest absolute Gasteiger partial charge is 0.250 e. The molecule has 3 fully saturated rings. The van der Waals surface area contributed by atoms with Gasteiger partial charge in [-0.25, -0.2) is 5.06 Å². The maximum absolute atomic E-state index is 12.2. The number of ether oxygens (including phenoxy) is 1. The maximum atomic E-state index is 12.2. The molecule has 3 atom stereocenters. The van der Waals surface area contributed by atoms with E-state index in [0.717, 1.165) is 45.4 Å². The number of rotatable bonds is 1. The topological polar surface area (TPSA) is 50.8 Å². The molecule has 0 saturated carbocycles. The van der Waals surface area contributed by atoms with E-state index in [-0.39, 0.29) is 30.3 Å². The minimum atomic E-state index is 0. The summed E-state index contributed by atoms with van der Waals surface area (Å²) in [4.78, 5) is 17.7. The van der Waals surface area contributed by atoms with Crippen molar-refractivity contribution in [2.75, 3.05) is 26.3 Å². The van der Waals surface area contributed by atoms with Crippen molar-refractivity contribution >= 4 is 18.3 Å². The monoisotopic (exact) mass is 276 g/mol. The maximum Gasteiger partial charge on any atom is 0.250 e. The van der Waals surface area contributed by atoms with Gasteiger partial charge in [-0.2, -0.15) is 0 Å². The van der Waals surface area contributed by atoms with Crippen molar-refractivity contribution in [3.05, 3.63) is 0 Å². The molecule has 0 aliphatic carbocycles. The minimum Gasteiger partial charge on any atom is -0.377 e. The molecule has 0 bridgehead atoms. The molecule has 0 aromatic rings. The third-order valence-corrected chi connectivity index (χ3v) is 3.95. The lowest BCUT2D eigenvalue weighted by atomic mass is 9.91. The van der Waals surface area contributed by atoms with Crippen LogP contribution in [-0.2, 0) is 14.4 Å². The average Bonchev–Trinajstić information content (AvgIpc) is 2.86. The van der Waals surface area contributed by atoms with Gasteiger partial charge in [-0.05, 0) is 25.7 Å². The summed E-state index contributed by atoms with van der Waals surface area (Å²) in [6.07, 6.45) is 4.25. The Morgan fingerprint density at radius 1 is 1.28 bits per heavy atom. The second-order valence-corrected chi connectivity index (χ2v) is 5.13. The number of carbonyl (C=O) groups excluding carboxylic acids is 1.